The molecule has 0 saturated heterocycles. The van der Waals surface area contributed by atoms with E-state index in [0.29, 0.717) is 27.9 Å². The Morgan fingerprint density at radius 3 is 2.43 bits per heavy atom. The molecule has 2 aromatic rings. The molecule has 0 amide bonds. The number of aryl methyl sites for hydroxylation is 1. The van der Waals surface area contributed by atoms with E-state index in [1.807, 2.05) is 31.2 Å². The molecule has 2 aromatic carbocycles. The number of anilines is 1. The first-order chi connectivity index (χ1) is 10.9. The lowest BCUT2D eigenvalue weighted by Gasteiger charge is -2.32. The molecule has 0 aromatic heterocycles. The van der Waals surface area contributed by atoms with Gasteiger partial charge >= 0.3 is 6.87 Å². The Morgan fingerprint density at radius 1 is 1.13 bits per heavy atom. The fourth-order valence-electron chi connectivity index (χ4n) is 2.28. The molecule has 1 aliphatic rings. The van der Waals surface area contributed by atoms with Crippen molar-refractivity contribution < 1.29 is 9.09 Å². The van der Waals surface area contributed by atoms with Gasteiger partial charge in [-0.25, -0.2) is 4.57 Å². The third-order valence-corrected chi connectivity index (χ3v) is 6.17. The average Bonchev–Trinajstić information content (AvgIpc) is 2.47. The Morgan fingerprint density at radius 2 is 1.83 bits per heavy atom. The molecule has 0 radical (unpaired) electrons. The van der Waals surface area contributed by atoms with Crippen molar-refractivity contribution in [3.05, 3.63) is 69.7 Å². The van der Waals surface area contributed by atoms with Crippen molar-refractivity contribution in [1.29, 1.82) is 0 Å². The van der Waals surface area contributed by atoms with Crippen molar-refractivity contribution in [2.45, 2.75) is 6.92 Å². The fraction of sp³-hybridized carbons (Fsp3) is 0.125. The second-order valence-corrected chi connectivity index (χ2v) is 8.85. The van der Waals surface area contributed by atoms with E-state index in [1.165, 1.54) is 0 Å². The second-order valence-electron chi connectivity index (χ2n) is 5.15. The number of halogens is 3. The summed E-state index contributed by atoms with van der Waals surface area (Å²) in [5.74, 6) is 0.397. The number of nitrogens with zero attached hydrogens (tertiary/aromatic N) is 1. The first kappa shape index (κ1) is 16.7. The third kappa shape index (κ3) is 3.54. The quantitative estimate of drug-likeness (QED) is 0.548. The first-order valence-corrected chi connectivity index (χ1v) is 10.1. The molecule has 7 heteroatoms. The summed E-state index contributed by atoms with van der Waals surface area (Å²) in [4.78, 5) is 0. The van der Waals surface area contributed by atoms with Gasteiger partial charge in [0, 0.05) is 27.5 Å². The van der Waals surface area contributed by atoms with Crippen molar-refractivity contribution >= 4 is 52.8 Å². The zero-order valence-corrected chi connectivity index (χ0v) is 15.3. The van der Waals surface area contributed by atoms with Gasteiger partial charge in [0.15, 0.2) is 0 Å². The van der Waals surface area contributed by atoms with E-state index >= 15 is 0 Å². The Kier molecular flexibility index (Phi) is 4.66. The molecule has 1 atom stereocenters. The predicted molar refractivity (Wildman–Crippen MR) is 97.5 cm³/mol. The Labute approximate surface area is 149 Å². The van der Waals surface area contributed by atoms with Gasteiger partial charge in [-0.1, -0.05) is 40.9 Å². The van der Waals surface area contributed by atoms with Crippen LogP contribution in [0.5, 0.6) is 0 Å². The minimum absolute atomic E-state index is 0.359. The second kappa shape index (κ2) is 6.41. The van der Waals surface area contributed by atoms with Crippen molar-refractivity contribution in [3.8, 4) is 0 Å². The summed E-state index contributed by atoms with van der Waals surface area (Å²) in [6, 6.07) is 12.6. The molecular formula is C16H13Cl3NO2P. The van der Waals surface area contributed by atoms with Crippen LogP contribution >= 0.6 is 41.3 Å². The summed E-state index contributed by atoms with van der Waals surface area (Å²) in [6.45, 7) is -1.20. The third-order valence-electron chi connectivity index (χ3n) is 3.48. The molecule has 0 unspecified atom stereocenters. The van der Waals surface area contributed by atoms with Gasteiger partial charge in [0.05, 0.1) is 11.6 Å². The van der Waals surface area contributed by atoms with Crippen LogP contribution in [-0.4, -0.2) is 6.54 Å². The lowest BCUT2D eigenvalue weighted by Crippen LogP contribution is -2.22. The molecule has 0 N–H and O–H groups in total. The molecule has 0 saturated carbocycles. The van der Waals surface area contributed by atoms with Gasteiger partial charge in [-0.05, 0) is 43.3 Å². The Bertz CT molecular complexity index is 821. The van der Waals surface area contributed by atoms with Gasteiger partial charge in [-0.3, -0.25) is 4.67 Å². The lowest BCUT2D eigenvalue weighted by atomic mass is 10.2. The van der Waals surface area contributed by atoms with Crippen LogP contribution in [0.3, 0.4) is 0 Å². The number of hydrogen-bond donors (Lipinski definition) is 0. The standard InChI is InChI=1S/C16H13Cl3NO2P/c1-11-2-5-13(6-3-11)20-9-8-16(22-23(20,19)21)14-7-4-12(17)10-15(14)18/h2-8,10H,9H2,1H3/t23-/m1/s1. The van der Waals surface area contributed by atoms with E-state index in [4.69, 9.17) is 39.0 Å². The summed E-state index contributed by atoms with van der Waals surface area (Å²) in [5, 5.41) is 0.940. The van der Waals surface area contributed by atoms with Gasteiger partial charge in [-0.2, -0.15) is 0 Å². The minimum Gasteiger partial charge on any atom is -0.418 e. The Hall–Kier alpha value is -1.12. The molecule has 3 rings (SSSR count). The first-order valence-electron chi connectivity index (χ1n) is 6.86. The smallest absolute Gasteiger partial charge is 0.418 e. The molecule has 23 heavy (non-hydrogen) atoms. The zero-order valence-electron chi connectivity index (χ0n) is 12.2. The van der Waals surface area contributed by atoms with Gasteiger partial charge in [0.1, 0.15) is 5.76 Å². The summed E-state index contributed by atoms with van der Waals surface area (Å²) < 4.78 is 19.9. The highest BCUT2D eigenvalue weighted by Crippen LogP contribution is 2.62. The normalized spacial score (nSPS) is 20.9. The SMILES string of the molecule is Cc1ccc(N2CC=C(c3ccc(Cl)cc3Cl)O[P@]2(=O)Cl)cc1. The largest absolute Gasteiger partial charge is 0.438 e. The summed E-state index contributed by atoms with van der Waals surface area (Å²) >= 11 is 18.3. The molecule has 0 fully saturated rings. The van der Waals surface area contributed by atoms with Crippen LogP contribution in [0, 0.1) is 6.92 Å². The van der Waals surface area contributed by atoms with E-state index in [-0.39, 0.29) is 0 Å². The summed E-state index contributed by atoms with van der Waals surface area (Å²) in [6.07, 6.45) is 1.80. The monoisotopic (exact) mass is 387 g/mol. The summed E-state index contributed by atoms with van der Waals surface area (Å²) in [5.41, 5.74) is 2.46. The van der Waals surface area contributed by atoms with Gasteiger partial charge in [-0.15, -0.1) is 0 Å². The maximum Gasteiger partial charge on any atom is 0.438 e. The number of hydrogen-bond acceptors (Lipinski definition) is 2. The van der Waals surface area contributed by atoms with Crippen molar-refractivity contribution in [3.63, 3.8) is 0 Å². The highest BCUT2D eigenvalue weighted by Gasteiger charge is 2.35. The van der Waals surface area contributed by atoms with Crippen LogP contribution in [-0.2, 0) is 9.09 Å². The number of rotatable bonds is 2. The van der Waals surface area contributed by atoms with Crippen molar-refractivity contribution in [1.82, 2.24) is 0 Å². The van der Waals surface area contributed by atoms with Gasteiger partial charge in [0.25, 0.3) is 0 Å². The molecule has 1 aliphatic heterocycles. The van der Waals surface area contributed by atoms with E-state index in [1.54, 1.807) is 28.9 Å². The van der Waals surface area contributed by atoms with E-state index < -0.39 is 6.87 Å². The van der Waals surface area contributed by atoms with E-state index in [9.17, 15) is 4.57 Å². The van der Waals surface area contributed by atoms with Crippen LogP contribution in [0.1, 0.15) is 11.1 Å². The lowest BCUT2D eigenvalue weighted by molar-refractivity contribution is 0.466. The minimum atomic E-state index is -3.54. The topological polar surface area (TPSA) is 29.5 Å². The highest BCUT2D eigenvalue weighted by atomic mass is 35.7. The molecule has 0 spiro atoms. The van der Waals surface area contributed by atoms with Crippen LogP contribution < -0.4 is 4.67 Å². The van der Waals surface area contributed by atoms with Crippen LogP contribution in [0.15, 0.2) is 48.5 Å². The van der Waals surface area contributed by atoms with E-state index in [0.717, 1.165) is 11.3 Å². The molecular weight excluding hydrogens is 376 g/mol. The van der Waals surface area contributed by atoms with Crippen molar-refractivity contribution in [2.75, 3.05) is 11.2 Å². The average molecular weight is 389 g/mol. The van der Waals surface area contributed by atoms with Crippen LogP contribution in [0.2, 0.25) is 10.0 Å². The van der Waals surface area contributed by atoms with Crippen molar-refractivity contribution in [2.24, 2.45) is 0 Å². The van der Waals surface area contributed by atoms with Crippen LogP contribution in [0.4, 0.5) is 5.69 Å². The molecule has 0 bridgehead atoms. The maximum atomic E-state index is 12.8. The molecule has 3 nitrogen and oxygen atoms in total. The molecule has 120 valence electrons. The zero-order chi connectivity index (χ0) is 16.6. The van der Waals surface area contributed by atoms with Gasteiger partial charge < -0.3 is 4.52 Å². The molecule has 0 aliphatic carbocycles. The predicted octanol–water partition coefficient (Wildman–Crippen LogP) is 6.53. The van der Waals surface area contributed by atoms with Crippen LogP contribution in [0.25, 0.3) is 5.76 Å². The van der Waals surface area contributed by atoms with Gasteiger partial charge in [0.2, 0.25) is 0 Å². The Balaban J connectivity index is 1.94. The van der Waals surface area contributed by atoms with E-state index in [2.05, 4.69) is 0 Å². The fourth-order valence-corrected chi connectivity index (χ4v) is 4.65. The molecule has 1 heterocycles. The summed E-state index contributed by atoms with van der Waals surface area (Å²) in [7, 11) is 0. The number of benzene rings is 2. The maximum absolute atomic E-state index is 12.8. The highest BCUT2D eigenvalue weighted by molar-refractivity contribution is 7.86.